The van der Waals surface area contributed by atoms with Crippen LogP contribution in [0, 0.1) is 0 Å². The van der Waals surface area contributed by atoms with E-state index in [0.29, 0.717) is 19.2 Å². The van der Waals surface area contributed by atoms with Gasteiger partial charge in [0, 0.05) is 13.1 Å². The number of hydrogen-bond acceptors (Lipinski definition) is 4. The molecule has 1 heterocycles. The zero-order valence-electron chi connectivity index (χ0n) is 6.92. The van der Waals surface area contributed by atoms with E-state index in [-0.39, 0.29) is 13.2 Å². The van der Waals surface area contributed by atoms with Crippen molar-refractivity contribution in [1.82, 2.24) is 5.32 Å². The van der Waals surface area contributed by atoms with Gasteiger partial charge in [0.2, 0.25) is 0 Å². The van der Waals surface area contributed by atoms with Gasteiger partial charge in [0.15, 0.2) is 0 Å². The van der Waals surface area contributed by atoms with Crippen LogP contribution in [0.25, 0.3) is 0 Å². The zero-order chi connectivity index (χ0) is 8.53. The molecule has 0 saturated carbocycles. The van der Waals surface area contributed by atoms with E-state index in [1.54, 1.807) is 0 Å². The van der Waals surface area contributed by atoms with E-state index in [9.17, 15) is 0 Å². The molecule has 1 atom stereocenters. The molecule has 1 aliphatic rings. The smallest absolute Gasteiger partial charge is 0.0781 e. The highest BCUT2D eigenvalue weighted by atomic mass is 16.6. The predicted octanol–water partition coefficient (Wildman–Crippen LogP) is -1.03. The van der Waals surface area contributed by atoms with Gasteiger partial charge >= 0.3 is 0 Å². The van der Waals surface area contributed by atoms with Gasteiger partial charge in [-0.2, -0.15) is 0 Å². The molecule has 1 unspecified atom stereocenters. The van der Waals surface area contributed by atoms with E-state index in [0.717, 1.165) is 6.61 Å². The van der Waals surface area contributed by atoms with Gasteiger partial charge in [-0.25, -0.2) is 0 Å². The summed E-state index contributed by atoms with van der Waals surface area (Å²) in [6.45, 7) is 4.46. The lowest BCUT2D eigenvalue weighted by Crippen LogP contribution is -2.21. The summed E-state index contributed by atoms with van der Waals surface area (Å²) < 4.78 is 4.71. The van der Waals surface area contributed by atoms with E-state index in [1.165, 1.54) is 0 Å². The summed E-state index contributed by atoms with van der Waals surface area (Å²) in [5, 5.41) is 19.1. The Morgan fingerprint density at radius 1 is 1.36 bits per heavy atom. The van der Waals surface area contributed by atoms with Crippen molar-refractivity contribution in [2.75, 3.05) is 32.9 Å². The number of epoxide rings is 1. The standard InChI is InChI=1S/C4H11NO2.C3H6O/c6-3-1-5-2-4-7;1-3-2-4-3/h5-7H,1-4H2;3H,2H2,1H3. The maximum absolute atomic E-state index is 8.15. The van der Waals surface area contributed by atoms with Crippen molar-refractivity contribution in [3.05, 3.63) is 0 Å². The van der Waals surface area contributed by atoms with Gasteiger partial charge < -0.3 is 20.3 Å². The van der Waals surface area contributed by atoms with Crippen molar-refractivity contribution < 1.29 is 14.9 Å². The van der Waals surface area contributed by atoms with Gasteiger partial charge in [0.25, 0.3) is 0 Å². The Kier molecular flexibility index (Phi) is 7.83. The summed E-state index contributed by atoms with van der Waals surface area (Å²) in [4.78, 5) is 0. The molecule has 0 radical (unpaired) electrons. The number of ether oxygens (including phenoxy) is 1. The minimum absolute atomic E-state index is 0.139. The molecule has 4 heteroatoms. The SMILES string of the molecule is CC1CO1.OCCNCCO. The van der Waals surface area contributed by atoms with E-state index in [4.69, 9.17) is 14.9 Å². The number of rotatable bonds is 4. The lowest BCUT2D eigenvalue weighted by molar-refractivity contribution is 0.267. The average molecular weight is 163 g/mol. The van der Waals surface area contributed by atoms with E-state index in [2.05, 4.69) is 12.2 Å². The lowest BCUT2D eigenvalue weighted by atomic mass is 10.6. The van der Waals surface area contributed by atoms with Crippen LogP contribution >= 0.6 is 0 Å². The molecular formula is C7H17NO3. The summed E-state index contributed by atoms with van der Waals surface area (Å²) in [5.41, 5.74) is 0. The van der Waals surface area contributed by atoms with Gasteiger partial charge in [-0.15, -0.1) is 0 Å². The van der Waals surface area contributed by atoms with Crippen LogP contribution in [0.5, 0.6) is 0 Å². The molecule has 1 saturated heterocycles. The van der Waals surface area contributed by atoms with Crippen molar-refractivity contribution in [3.63, 3.8) is 0 Å². The minimum atomic E-state index is 0.139. The molecule has 0 amide bonds. The Bertz CT molecular complexity index is 72.1. The average Bonchev–Trinajstić information content (AvgIpc) is 2.75. The van der Waals surface area contributed by atoms with Crippen molar-refractivity contribution in [3.8, 4) is 0 Å². The maximum atomic E-state index is 8.15. The molecule has 0 aromatic rings. The van der Waals surface area contributed by atoms with Gasteiger partial charge in [-0.3, -0.25) is 0 Å². The molecule has 0 aromatic heterocycles. The van der Waals surface area contributed by atoms with Crippen molar-refractivity contribution >= 4 is 0 Å². The van der Waals surface area contributed by atoms with Gasteiger partial charge in [0.1, 0.15) is 0 Å². The molecule has 0 spiro atoms. The molecule has 1 aliphatic heterocycles. The highest BCUT2D eigenvalue weighted by Crippen LogP contribution is 2.04. The van der Waals surface area contributed by atoms with E-state index >= 15 is 0 Å². The Morgan fingerprint density at radius 3 is 1.91 bits per heavy atom. The Labute approximate surface area is 67.2 Å². The fraction of sp³-hybridized carbons (Fsp3) is 1.00. The van der Waals surface area contributed by atoms with Gasteiger partial charge in [-0.05, 0) is 6.92 Å². The van der Waals surface area contributed by atoms with Crippen molar-refractivity contribution in [2.45, 2.75) is 13.0 Å². The van der Waals surface area contributed by atoms with Gasteiger partial charge in [0.05, 0.1) is 25.9 Å². The first-order valence-electron chi connectivity index (χ1n) is 3.85. The summed E-state index contributed by atoms with van der Waals surface area (Å²) in [6.07, 6.45) is 0.583. The Morgan fingerprint density at radius 2 is 1.73 bits per heavy atom. The fourth-order valence-corrected chi connectivity index (χ4v) is 0.379. The van der Waals surface area contributed by atoms with E-state index < -0.39 is 0 Å². The quantitative estimate of drug-likeness (QED) is 0.366. The molecule has 1 fully saturated rings. The van der Waals surface area contributed by atoms with Crippen molar-refractivity contribution in [1.29, 1.82) is 0 Å². The highest BCUT2D eigenvalue weighted by Gasteiger charge is 2.13. The molecule has 3 N–H and O–H groups in total. The maximum Gasteiger partial charge on any atom is 0.0781 e. The molecular weight excluding hydrogens is 146 g/mol. The second kappa shape index (κ2) is 7.94. The number of aliphatic hydroxyl groups excluding tert-OH is 2. The first-order valence-corrected chi connectivity index (χ1v) is 3.85. The van der Waals surface area contributed by atoms with Crippen LogP contribution in [-0.2, 0) is 4.74 Å². The summed E-state index contributed by atoms with van der Waals surface area (Å²) in [6, 6.07) is 0. The molecule has 0 aliphatic carbocycles. The third kappa shape index (κ3) is 12.9. The molecule has 11 heavy (non-hydrogen) atoms. The monoisotopic (exact) mass is 163 g/mol. The number of nitrogens with one attached hydrogen (secondary N) is 1. The third-order valence-corrected chi connectivity index (χ3v) is 1.08. The second-order valence-electron chi connectivity index (χ2n) is 2.34. The first-order chi connectivity index (χ1) is 5.31. The van der Waals surface area contributed by atoms with E-state index in [1.807, 2.05) is 0 Å². The molecule has 1 rings (SSSR count). The van der Waals surface area contributed by atoms with Crippen LogP contribution < -0.4 is 5.32 Å². The summed E-state index contributed by atoms with van der Waals surface area (Å²) in [7, 11) is 0. The largest absolute Gasteiger partial charge is 0.395 e. The Balaban J connectivity index is 0.000000207. The number of aliphatic hydroxyl groups is 2. The summed E-state index contributed by atoms with van der Waals surface area (Å²) in [5.74, 6) is 0. The Hall–Kier alpha value is -0.160. The van der Waals surface area contributed by atoms with Crippen LogP contribution in [0.3, 0.4) is 0 Å². The summed E-state index contributed by atoms with van der Waals surface area (Å²) >= 11 is 0. The third-order valence-electron chi connectivity index (χ3n) is 1.08. The highest BCUT2D eigenvalue weighted by molar-refractivity contribution is 4.58. The van der Waals surface area contributed by atoms with Crippen LogP contribution in [0.4, 0.5) is 0 Å². The van der Waals surface area contributed by atoms with Crippen LogP contribution in [0.2, 0.25) is 0 Å². The molecule has 68 valence electrons. The predicted molar refractivity (Wildman–Crippen MR) is 42.5 cm³/mol. The van der Waals surface area contributed by atoms with Crippen LogP contribution in [-0.4, -0.2) is 49.2 Å². The minimum Gasteiger partial charge on any atom is -0.395 e. The number of hydrogen-bond donors (Lipinski definition) is 3. The van der Waals surface area contributed by atoms with Crippen LogP contribution in [0.1, 0.15) is 6.92 Å². The first kappa shape index (κ1) is 10.8. The molecule has 0 bridgehead atoms. The normalized spacial score (nSPS) is 20.5. The molecule has 4 nitrogen and oxygen atoms in total. The topological polar surface area (TPSA) is 65.0 Å². The fourth-order valence-electron chi connectivity index (χ4n) is 0.379. The zero-order valence-corrected chi connectivity index (χ0v) is 6.92. The van der Waals surface area contributed by atoms with Crippen molar-refractivity contribution in [2.24, 2.45) is 0 Å². The van der Waals surface area contributed by atoms with Crippen LogP contribution in [0.15, 0.2) is 0 Å². The second-order valence-corrected chi connectivity index (χ2v) is 2.34. The van der Waals surface area contributed by atoms with Gasteiger partial charge in [-0.1, -0.05) is 0 Å². The molecule has 0 aromatic carbocycles. The lowest BCUT2D eigenvalue weighted by Gasteiger charge is -1.94.